The molecule has 0 aliphatic carbocycles. The molecule has 2 heterocycles. The molecule has 72 heavy (non-hydrogen) atoms. The number of hydrogen-bond acceptors (Lipinski definition) is 15. The SMILES string of the molecule is CCCCCCCCCCCCCCCCCCCCCCCCCC(=O)OC[C@@H](CO[C@@H]1O[C@H](CO[C@@H]2O[C@H](CO)[C@H](O)C(O)C2O)[C@H](O)C(O)C1O)OC(=O)CCCCCCCCCCCCCCC. The average Bonchev–Trinajstić information content (AvgIpc) is 3.37. The third-order valence-corrected chi connectivity index (χ3v) is 14.6. The van der Waals surface area contributed by atoms with Crippen molar-refractivity contribution in [1.82, 2.24) is 0 Å². The third-order valence-electron chi connectivity index (χ3n) is 14.6. The number of unbranched alkanes of at least 4 members (excludes halogenated alkanes) is 34. The van der Waals surface area contributed by atoms with Crippen LogP contribution in [0.4, 0.5) is 0 Å². The van der Waals surface area contributed by atoms with Crippen LogP contribution in [0.15, 0.2) is 0 Å². The summed E-state index contributed by atoms with van der Waals surface area (Å²) in [4.78, 5) is 25.9. The van der Waals surface area contributed by atoms with Crippen molar-refractivity contribution < 1.29 is 73.8 Å². The average molecular weight is 1030 g/mol. The summed E-state index contributed by atoms with van der Waals surface area (Å²) < 4.78 is 33.7. The Balaban J connectivity index is 1.70. The van der Waals surface area contributed by atoms with Gasteiger partial charge < -0.3 is 64.2 Å². The monoisotopic (exact) mass is 1030 g/mol. The highest BCUT2D eigenvalue weighted by Crippen LogP contribution is 2.27. The lowest BCUT2D eigenvalue weighted by molar-refractivity contribution is -0.332. The Bertz CT molecular complexity index is 1260. The van der Waals surface area contributed by atoms with E-state index in [1.165, 1.54) is 180 Å². The molecule has 0 spiro atoms. The van der Waals surface area contributed by atoms with E-state index in [-0.39, 0.29) is 26.1 Å². The number of esters is 2. The largest absolute Gasteiger partial charge is 0.462 e. The van der Waals surface area contributed by atoms with Gasteiger partial charge >= 0.3 is 11.9 Å². The molecule has 11 atom stereocenters. The summed E-state index contributed by atoms with van der Waals surface area (Å²) in [5.41, 5.74) is 0. The van der Waals surface area contributed by atoms with Crippen LogP contribution in [0, 0.1) is 0 Å². The molecular formula is C57H108O15. The standard InChI is InChI=1S/C57H108O15/c1-3-5-7-9-11-13-15-17-18-19-20-21-22-23-24-25-26-28-29-31-33-35-37-39-48(59)67-42-45(70-49(60)40-38-36-34-32-30-27-16-14-12-10-8-6-4-2)43-68-56-55(66)53(64)51(62)47(72-56)44-69-57-54(65)52(63)50(61)46(41-58)71-57/h45-47,50-58,61-66H,3-44H2,1-2H3/t45-,46+,47+,50-,51-,52?,53?,54?,55?,56+,57+/m0/s1. The van der Waals surface area contributed by atoms with Crippen molar-refractivity contribution in [2.75, 3.05) is 26.4 Å². The van der Waals surface area contributed by atoms with Crippen LogP contribution in [-0.4, -0.2) is 142 Å². The van der Waals surface area contributed by atoms with Gasteiger partial charge in [0.2, 0.25) is 0 Å². The molecule has 15 heteroatoms. The summed E-state index contributed by atoms with van der Waals surface area (Å²) in [6, 6.07) is 0. The number of aliphatic hydroxyl groups is 7. The Kier molecular flexibility index (Phi) is 41.3. The van der Waals surface area contributed by atoms with Gasteiger partial charge in [0.15, 0.2) is 18.7 Å². The fourth-order valence-corrected chi connectivity index (χ4v) is 9.75. The number of carbonyl (C=O) groups is 2. The van der Waals surface area contributed by atoms with Crippen molar-refractivity contribution in [2.45, 2.75) is 325 Å². The lowest BCUT2D eigenvalue weighted by Crippen LogP contribution is -2.61. The molecule has 0 amide bonds. The lowest BCUT2D eigenvalue weighted by atomic mass is 9.98. The smallest absolute Gasteiger partial charge is 0.306 e. The van der Waals surface area contributed by atoms with Gasteiger partial charge in [-0.1, -0.05) is 232 Å². The van der Waals surface area contributed by atoms with Crippen molar-refractivity contribution in [1.29, 1.82) is 0 Å². The fraction of sp³-hybridized carbons (Fsp3) is 0.965. The first-order chi connectivity index (χ1) is 35.0. The van der Waals surface area contributed by atoms with Gasteiger partial charge in [0.05, 0.1) is 19.8 Å². The van der Waals surface area contributed by atoms with Gasteiger partial charge in [-0.05, 0) is 12.8 Å². The second-order valence-corrected chi connectivity index (χ2v) is 21.2. The van der Waals surface area contributed by atoms with E-state index < -0.39 is 92.7 Å². The predicted molar refractivity (Wildman–Crippen MR) is 280 cm³/mol. The first-order valence-electron chi connectivity index (χ1n) is 29.6. The Morgan fingerprint density at radius 2 is 0.708 bits per heavy atom. The molecule has 15 nitrogen and oxygen atoms in total. The number of rotatable bonds is 48. The van der Waals surface area contributed by atoms with Crippen molar-refractivity contribution in [3.05, 3.63) is 0 Å². The molecule has 0 aromatic rings. The molecule has 2 aliphatic heterocycles. The van der Waals surface area contributed by atoms with E-state index in [1.807, 2.05) is 0 Å². The molecule has 7 N–H and O–H groups in total. The normalized spacial score (nSPS) is 24.9. The van der Waals surface area contributed by atoms with Crippen molar-refractivity contribution in [3.8, 4) is 0 Å². The number of carbonyl (C=O) groups excluding carboxylic acids is 2. The maximum Gasteiger partial charge on any atom is 0.306 e. The molecule has 0 saturated carbocycles. The first-order valence-corrected chi connectivity index (χ1v) is 29.6. The molecule has 0 radical (unpaired) electrons. The summed E-state index contributed by atoms with van der Waals surface area (Å²) in [7, 11) is 0. The second kappa shape index (κ2) is 44.6. The molecule has 0 aromatic carbocycles. The molecule has 4 unspecified atom stereocenters. The molecule has 426 valence electrons. The van der Waals surface area contributed by atoms with Crippen LogP contribution in [-0.2, 0) is 38.0 Å². The van der Waals surface area contributed by atoms with Crippen LogP contribution < -0.4 is 0 Å². The highest BCUT2D eigenvalue weighted by molar-refractivity contribution is 5.70. The van der Waals surface area contributed by atoms with E-state index in [0.29, 0.717) is 12.8 Å². The van der Waals surface area contributed by atoms with Gasteiger partial charge in [-0.3, -0.25) is 9.59 Å². The minimum Gasteiger partial charge on any atom is -0.462 e. The topological polar surface area (TPSA) is 231 Å². The summed E-state index contributed by atoms with van der Waals surface area (Å²) in [5.74, 6) is -0.905. The Morgan fingerprint density at radius 1 is 0.389 bits per heavy atom. The van der Waals surface area contributed by atoms with Crippen LogP contribution in [0.3, 0.4) is 0 Å². The van der Waals surface area contributed by atoms with Gasteiger partial charge in [-0.25, -0.2) is 0 Å². The Labute approximate surface area is 436 Å². The minimum absolute atomic E-state index is 0.173. The van der Waals surface area contributed by atoms with Crippen molar-refractivity contribution >= 4 is 11.9 Å². The summed E-state index contributed by atoms with van der Waals surface area (Å²) in [6.45, 7) is 2.65. The van der Waals surface area contributed by atoms with E-state index in [2.05, 4.69) is 13.8 Å². The quantitative estimate of drug-likeness (QED) is 0.0222. The lowest BCUT2D eigenvalue weighted by Gasteiger charge is -2.42. The molecular weight excluding hydrogens is 925 g/mol. The molecule has 2 aliphatic rings. The van der Waals surface area contributed by atoms with Crippen LogP contribution in [0.2, 0.25) is 0 Å². The van der Waals surface area contributed by atoms with Gasteiger partial charge in [-0.15, -0.1) is 0 Å². The number of hydrogen-bond donors (Lipinski definition) is 7. The summed E-state index contributed by atoms with van der Waals surface area (Å²) in [6.07, 6.45) is 28.5. The molecule has 2 saturated heterocycles. The summed E-state index contributed by atoms with van der Waals surface area (Å²) >= 11 is 0. The zero-order valence-corrected chi connectivity index (χ0v) is 45.4. The van der Waals surface area contributed by atoms with Crippen LogP contribution in [0.5, 0.6) is 0 Å². The van der Waals surface area contributed by atoms with E-state index in [4.69, 9.17) is 28.4 Å². The highest BCUT2D eigenvalue weighted by atomic mass is 16.7. The summed E-state index contributed by atoms with van der Waals surface area (Å²) in [5, 5.41) is 72.2. The van der Waals surface area contributed by atoms with Crippen molar-refractivity contribution in [2.24, 2.45) is 0 Å². The van der Waals surface area contributed by atoms with E-state index >= 15 is 0 Å². The zero-order chi connectivity index (χ0) is 52.4. The number of ether oxygens (including phenoxy) is 6. The number of aliphatic hydroxyl groups excluding tert-OH is 7. The van der Waals surface area contributed by atoms with Crippen LogP contribution >= 0.6 is 0 Å². The third kappa shape index (κ3) is 31.5. The fourth-order valence-electron chi connectivity index (χ4n) is 9.75. The maximum absolute atomic E-state index is 13.0. The first kappa shape index (κ1) is 66.6. The highest BCUT2D eigenvalue weighted by Gasteiger charge is 2.47. The van der Waals surface area contributed by atoms with Crippen LogP contribution in [0.1, 0.15) is 258 Å². The Hall–Kier alpha value is -1.50. The van der Waals surface area contributed by atoms with Gasteiger partial charge in [0.25, 0.3) is 0 Å². The van der Waals surface area contributed by atoms with E-state index in [1.54, 1.807) is 0 Å². The van der Waals surface area contributed by atoms with E-state index in [0.717, 1.165) is 38.5 Å². The maximum atomic E-state index is 13.0. The zero-order valence-electron chi connectivity index (χ0n) is 45.4. The molecule has 0 aromatic heterocycles. The molecule has 0 bridgehead atoms. The van der Waals surface area contributed by atoms with Gasteiger partial charge in [0, 0.05) is 12.8 Å². The van der Waals surface area contributed by atoms with E-state index in [9.17, 15) is 45.3 Å². The molecule has 2 rings (SSSR count). The second-order valence-electron chi connectivity index (χ2n) is 21.2. The molecule has 2 fully saturated rings. The minimum atomic E-state index is -1.76. The predicted octanol–water partition coefficient (Wildman–Crippen LogP) is 9.95. The van der Waals surface area contributed by atoms with Crippen molar-refractivity contribution in [3.63, 3.8) is 0 Å². The van der Waals surface area contributed by atoms with Crippen LogP contribution in [0.25, 0.3) is 0 Å². The van der Waals surface area contributed by atoms with Gasteiger partial charge in [-0.2, -0.15) is 0 Å². The van der Waals surface area contributed by atoms with Gasteiger partial charge in [0.1, 0.15) is 55.4 Å². The Morgan fingerprint density at radius 3 is 1.08 bits per heavy atom.